The van der Waals surface area contributed by atoms with Gasteiger partial charge in [0.1, 0.15) is 0 Å². The third-order valence-electron chi connectivity index (χ3n) is 1.34. The minimum atomic E-state index is -0.425. The molecule has 0 N–H and O–H groups in total. The molecule has 0 amide bonds. The van der Waals surface area contributed by atoms with Crippen LogP contribution in [0.3, 0.4) is 0 Å². The first-order valence-electron chi connectivity index (χ1n) is 3.36. The van der Waals surface area contributed by atoms with Crippen molar-refractivity contribution in [1.29, 1.82) is 0 Å². The maximum atomic E-state index is 10.4. The van der Waals surface area contributed by atoms with Crippen molar-refractivity contribution >= 4 is 51.1 Å². The summed E-state index contributed by atoms with van der Waals surface area (Å²) < 4.78 is -0.425. The predicted molar refractivity (Wildman–Crippen MR) is 59.0 cm³/mol. The number of hydrogen-bond acceptors (Lipinski definition) is 2. The van der Waals surface area contributed by atoms with Crippen molar-refractivity contribution in [2.45, 2.75) is 5.75 Å². The van der Waals surface area contributed by atoms with Gasteiger partial charge in [-0.25, -0.2) is 0 Å². The van der Waals surface area contributed by atoms with Crippen LogP contribution in [0, 0.1) is 0 Å². The number of hydrogen-bond donors (Lipinski definition) is 0. The Bertz CT molecular complexity index is 327. The zero-order valence-electron chi connectivity index (χ0n) is 6.39. The topological polar surface area (TPSA) is 17.1 Å². The molecule has 5 heteroatoms. The summed E-state index contributed by atoms with van der Waals surface area (Å²) in [5.74, 6) is 0.513. The van der Waals surface area contributed by atoms with Crippen LogP contribution < -0.4 is 0 Å². The molecule has 1 aromatic carbocycles. The Morgan fingerprint density at radius 3 is 2.54 bits per heavy atom. The normalized spacial score (nSPS) is 10.1. The molecule has 1 nitrogen and oxygen atoms in total. The average Bonchev–Trinajstić information content (AvgIpc) is 2.07. The largest absolute Gasteiger partial charge is 0.279 e. The third kappa shape index (κ3) is 3.77. The molecule has 0 aliphatic heterocycles. The van der Waals surface area contributed by atoms with E-state index in [-0.39, 0.29) is 0 Å². The van der Waals surface area contributed by atoms with Gasteiger partial charge in [0.25, 0.3) is 4.57 Å². The van der Waals surface area contributed by atoms with Gasteiger partial charge >= 0.3 is 0 Å². The zero-order chi connectivity index (χ0) is 9.84. The summed E-state index contributed by atoms with van der Waals surface area (Å²) >= 11 is 17.7. The Morgan fingerprint density at radius 2 is 2.00 bits per heavy atom. The number of carbonyl (C=O) groups excluding carboxylic acids is 1. The van der Waals surface area contributed by atoms with Crippen molar-refractivity contribution in [2.75, 3.05) is 0 Å². The lowest BCUT2D eigenvalue weighted by atomic mass is 10.2. The van der Waals surface area contributed by atoms with Crippen molar-refractivity contribution in [2.24, 2.45) is 0 Å². The van der Waals surface area contributed by atoms with E-state index in [4.69, 9.17) is 34.8 Å². The Morgan fingerprint density at radius 1 is 1.31 bits per heavy atom. The minimum absolute atomic E-state index is 0.425. The van der Waals surface area contributed by atoms with Crippen molar-refractivity contribution in [1.82, 2.24) is 0 Å². The Kier molecular flexibility index (Phi) is 4.39. The van der Waals surface area contributed by atoms with E-state index in [1.807, 2.05) is 0 Å². The summed E-state index contributed by atoms with van der Waals surface area (Å²) in [5, 5.41) is 0.995. The van der Waals surface area contributed by atoms with Crippen LogP contribution >= 0.6 is 46.6 Å². The van der Waals surface area contributed by atoms with Crippen molar-refractivity contribution in [3.8, 4) is 0 Å². The monoisotopic (exact) mass is 254 g/mol. The SMILES string of the molecule is O=C(Cl)SCc1ccc(Cl)c(Cl)c1. The van der Waals surface area contributed by atoms with E-state index < -0.39 is 4.57 Å². The van der Waals surface area contributed by atoms with E-state index in [9.17, 15) is 4.79 Å². The van der Waals surface area contributed by atoms with E-state index in [0.29, 0.717) is 15.8 Å². The first kappa shape index (κ1) is 11.2. The van der Waals surface area contributed by atoms with Crippen LogP contribution in [-0.4, -0.2) is 4.57 Å². The molecule has 0 radical (unpaired) electrons. The van der Waals surface area contributed by atoms with Gasteiger partial charge in [-0.3, -0.25) is 4.79 Å². The molecule has 0 aromatic heterocycles. The lowest BCUT2D eigenvalue weighted by Crippen LogP contribution is -1.82. The molecule has 0 spiro atoms. The second-order valence-electron chi connectivity index (χ2n) is 2.27. The van der Waals surface area contributed by atoms with Crippen LogP contribution in [0.1, 0.15) is 5.56 Å². The molecular formula is C8H5Cl3OS. The highest BCUT2D eigenvalue weighted by Gasteiger charge is 2.02. The van der Waals surface area contributed by atoms with Crippen molar-refractivity contribution in [3.05, 3.63) is 33.8 Å². The van der Waals surface area contributed by atoms with Gasteiger partial charge in [0.05, 0.1) is 10.0 Å². The Hall–Kier alpha value is 0.110. The number of rotatable bonds is 2. The Balaban J connectivity index is 2.68. The van der Waals surface area contributed by atoms with Gasteiger partial charge in [-0.05, 0) is 29.3 Å². The van der Waals surface area contributed by atoms with Gasteiger partial charge in [0.15, 0.2) is 0 Å². The molecule has 0 fully saturated rings. The van der Waals surface area contributed by atoms with Gasteiger partial charge in [-0.1, -0.05) is 41.0 Å². The molecular weight excluding hydrogens is 251 g/mol. The van der Waals surface area contributed by atoms with Gasteiger partial charge in [0, 0.05) is 5.75 Å². The summed E-state index contributed by atoms with van der Waals surface area (Å²) in [5.41, 5.74) is 0.924. The molecule has 0 bridgehead atoms. The fourth-order valence-corrected chi connectivity index (χ4v) is 1.71. The van der Waals surface area contributed by atoms with Crippen molar-refractivity contribution in [3.63, 3.8) is 0 Å². The van der Waals surface area contributed by atoms with Crippen LogP contribution in [-0.2, 0) is 5.75 Å². The molecule has 1 rings (SSSR count). The lowest BCUT2D eigenvalue weighted by Gasteiger charge is -2.00. The number of thioether (sulfide) groups is 1. The van der Waals surface area contributed by atoms with Crippen LogP contribution in [0.25, 0.3) is 0 Å². The molecule has 0 aliphatic rings. The molecule has 70 valence electrons. The first-order valence-corrected chi connectivity index (χ1v) is 5.47. The molecule has 13 heavy (non-hydrogen) atoms. The standard InChI is InChI=1S/C8H5Cl3OS/c9-6-2-1-5(3-7(6)10)4-13-8(11)12/h1-3H,4H2. The molecule has 0 unspecified atom stereocenters. The number of carbonyl (C=O) groups is 1. The summed E-state index contributed by atoms with van der Waals surface area (Å²) in [6.07, 6.45) is 0. The van der Waals surface area contributed by atoms with E-state index >= 15 is 0 Å². The fourth-order valence-electron chi connectivity index (χ4n) is 0.769. The van der Waals surface area contributed by atoms with Crippen LogP contribution in [0.5, 0.6) is 0 Å². The highest BCUT2D eigenvalue weighted by molar-refractivity contribution is 8.15. The molecule has 0 heterocycles. The second kappa shape index (κ2) is 5.11. The molecule has 0 aliphatic carbocycles. The Labute approximate surface area is 95.4 Å². The quantitative estimate of drug-likeness (QED) is 0.719. The minimum Gasteiger partial charge on any atom is -0.268 e. The maximum absolute atomic E-state index is 10.4. The van der Waals surface area contributed by atoms with E-state index in [2.05, 4.69) is 0 Å². The van der Waals surface area contributed by atoms with Gasteiger partial charge in [0.2, 0.25) is 0 Å². The summed E-state index contributed by atoms with van der Waals surface area (Å²) in [4.78, 5) is 10.4. The highest BCUT2D eigenvalue weighted by Crippen LogP contribution is 2.25. The van der Waals surface area contributed by atoms with Crippen LogP contribution in [0.15, 0.2) is 18.2 Å². The first-order chi connectivity index (χ1) is 6.09. The summed E-state index contributed by atoms with van der Waals surface area (Å²) in [6, 6.07) is 5.22. The third-order valence-corrected chi connectivity index (χ3v) is 3.11. The number of benzene rings is 1. The zero-order valence-corrected chi connectivity index (χ0v) is 9.47. The van der Waals surface area contributed by atoms with E-state index in [1.54, 1.807) is 18.2 Å². The van der Waals surface area contributed by atoms with Crippen LogP contribution in [0.2, 0.25) is 10.0 Å². The molecule has 0 saturated heterocycles. The van der Waals surface area contributed by atoms with Gasteiger partial charge < -0.3 is 0 Å². The summed E-state index contributed by atoms with van der Waals surface area (Å²) in [7, 11) is 0. The van der Waals surface area contributed by atoms with E-state index in [1.165, 1.54) is 0 Å². The highest BCUT2D eigenvalue weighted by atomic mass is 35.5. The average molecular weight is 256 g/mol. The maximum Gasteiger partial charge on any atom is 0.279 e. The fraction of sp³-hybridized carbons (Fsp3) is 0.125. The summed E-state index contributed by atoms with van der Waals surface area (Å²) in [6.45, 7) is 0. The predicted octanol–water partition coefficient (Wildman–Crippen LogP) is 4.59. The van der Waals surface area contributed by atoms with Gasteiger partial charge in [-0.15, -0.1) is 0 Å². The molecule has 1 aromatic rings. The smallest absolute Gasteiger partial charge is 0.268 e. The van der Waals surface area contributed by atoms with Crippen LogP contribution in [0.4, 0.5) is 4.79 Å². The van der Waals surface area contributed by atoms with E-state index in [0.717, 1.165) is 17.3 Å². The second-order valence-corrected chi connectivity index (χ2v) is 4.60. The molecule has 0 saturated carbocycles. The number of halogens is 3. The molecule has 0 atom stereocenters. The lowest BCUT2D eigenvalue weighted by molar-refractivity contribution is 0.276. The van der Waals surface area contributed by atoms with Crippen molar-refractivity contribution < 1.29 is 4.79 Å². The van der Waals surface area contributed by atoms with Gasteiger partial charge in [-0.2, -0.15) is 0 Å².